The molecule has 0 N–H and O–H groups in total. The molecule has 0 aromatic heterocycles. The van der Waals surface area contributed by atoms with Crippen LogP contribution in [0, 0.1) is 7.43 Å². The first-order valence-electron chi connectivity index (χ1n) is 0.676. The monoisotopic (exact) mass is 156 g/mol. The molecule has 0 saturated heterocycles. The second kappa shape index (κ2) is 902. The molecule has 0 aliphatic rings. The number of hydrogen-bond donors (Lipinski definition) is 0. The normalized spacial score (nSPS) is 1.50. The Morgan fingerprint density at radius 3 is 0.875 bits per heavy atom. The largest absolute Gasteiger partial charge is 0.573 e. The van der Waals surface area contributed by atoms with Crippen LogP contribution < -0.4 is 0 Å². The van der Waals surface area contributed by atoms with E-state index >= 15 is 0 Å². The average Bonchev–Trinajstić information content (AvgIpc) is 1.81. The number of rotatable bonds is 0. The molecule has 0 bridgehead atoms. The van der Waals surface area contributed by atoms with E-state index in [0.717, 1.165) is 0 Å². The maximum absolute atomic E-state index is 7.75. The second-order valence-electron chi connectivity index (χ2n) is 0. The molecule has 0 saturated carbocycles. The third-order valence-corrected chi connectivity index (χ3v) is 0. The molecule has 0 unspecified atom stereocenters. The zero-order chi connectivity index (χ0) is 6.00. The summed E-state index contributed by atoms with van der Waals surface area (Å²) in [6.07, 6.45) is 0. The molecule has 0 spiro atoms. The zero-order valence-electron chi connectivity index (χ0n) is 4.26. The van der Waals surface area contributed by atoms with E-state index in [-0.39, 0.29) is 24.5 Å². The van der Waals surface area contributed by atoms with Gasteiger partial charge in [0.1, 0.15) is 0 Å². The summed E-state index contributed by atoms with van der Waals surface area (Å²) in [6, 6.07) is 0. The van der Waals surface area contributed by atoms with Gasteiger partial charge in [0.05, 0.1) is 0 Å². The Labute approximate surface area is 59.9 Å². The molecule has 2 radical (unpaired) electrons. The van der Waals surface area contributed by atoms with Crippen LogP contribution in [-0.4, -0.2) is 20.4 Å². The molecule has 0 atom stereocenters. The van der Waals surface area contributed by atoms with E-state index in [4.69, 9.17) is 14.4 Å². The van der Waals surface area contributed by atoms with Gasteiger partial charge >= 0.3 is 0 Å². The first-order valence-corrected chi connectivity index (χ1v) is 0.676. The van der Waals surface area contributed by atoms with Crippen molar-refractivity contribution in [1.29, 1.82) is 0 Å². The van der Waals surface area contributed by atoms with Gasteiger partial charge in [0.15, 0.2) is 0 Å². The van der Waals surface area contributed by atoms with Crippen molar-refractivity contribution in [2.75, 3.05) is 0 Å². The minimum absolute atomic E-state index is 0. The van der Waals surface area contributed by atoms with Crippen LogP contribution in [0.4, 0.5) is 0 Å². The van der Waals surface area contributed by atoms with Crippen molar-refractivity contribution in [2.24, 2.45) is 0 Å². The quantitative estimate of drug-likeness (QED) is 0.270. The van der Waals surface area contributed by atoms with E-state index in [0.29, 0.717) is 0 Å². The van der Waals surface area contributed by atoms with Crippen molar-refractivity contribution in [3.8, 4) is 0 Å². The van der Waals surface area contributed by atoms with Gasteiger partial charge in [-0.25, -0.2) is 0 Å². The van der Waals surface area contributed by atoms with Gasteiger partial charge in [-0.05, 0) is 0 Å². The Morgan fingerprint density at radius 2 is 0.875 bits per heavy atom. The van der Waals surface area contributed by atoms with Gasteiger partial charge in [0.2, 0.25) is 0 Å². The fraction of sp³-hybridized carbons (Fsp3) is 0. The molecule has 0 heterocycles. The van der Waals surface area contributed by atoms with Crippen molar-refractivity contribution in [1.82, 2.24) is 0 Å². The first kappa shape index (κ1) is 50.2. The van der Waals surface area contributed by atoms with Crippen molar-refractivity contribution < 1.29 is 31.5 Å². The molecule has 0 aromatic rings. The van der Waals surface area contributed by atoms with Crippen LogP contribution >= 0.6 is 0 Å². The Kier molecular flexibility index (Phi) is 5660. The van der Waals surface area contributed by atoms with E-state index in [2.05, 4.69) is 20.4 Å². The molecule has 8 heavy (non-hydrogen) atoms. The van der Waals surface area contributed by atoms with Crippen molar-refractivity contribution >= 4 is 20.4 Å². The van der Waals surface area contributed by atoms with Crippen LogP contribution in [0.3, 0.4) is 0 Å². The summed E-state index contributed by atoms with van der Waals surface area (Å²) in [5.74, 6) is 0. The smallest absolute Gasteiger partial charge is 0 e. The van der Waals surface area contributed by atoms with Crippen molar-refractivity contribution in [3.05, 3.63) is 7.43 Å². The summed E-state index contributed by atoms with van der Waals surface area (Å²) < 4.78 is 0. The maximum atomic E-state index is 7.75. The van der Waals surface area contributed by atoms with Crippen LogP contribution in [0.15, 0.2) is 0 Å². The molecule has 0 rings (SSSR count). The minimum atomic E-state index is 0. The first-order chi connectivity index (χ1) is 3.00. The molecule has 0 aromatic carbocycles. The molecular weight excluding hydrogens is 151 g/mol. The standard InChI is InChI=1S/2CHO.CO.CH3.Mn/c3*1-2;;/h2*1H;;1H3;/q4*-1;. The minimum Gasteiger partial charge on any atom is -0.573 e. The molecule has 0 aliphatic heterocycles. The van der Waals surface area contributed by atoms with Gasteiger partial charge in [-0.1, -0.05) is 0 Å². The topological polar surface area (TPSA) is 51.2 Å². The molecule has 4 heteroatoms. The molecule has 0 fully saturated rings. The van der Waals surface area contributed by atoms with Gasteiger partial charge < -0.3 is 28.6 Å². The Hall–Kier alpha value is -0.471. The van der Waals surface area contributed by atoms with Gasteiger partial charge in [-0.15, -0.1) is 0 Å². The second-order valence-corrected chi connectivity index (χ2v) is 0. The van der Waals surface area contributed by atoms with Gasteiger partial charge in [0, 0.05) is 17.1 Å². The summed E-state index contributed by atoms with van der Waals surface area (Å²) in [6.45, 7) is 11.0. The fourth-order valence-corrected chi connectivity index (χ4v) is 0. The van der Waals surface area contributed by atoms with Crippen molar-refractivity contribution in [2.45, 2.75) is 0 Å². The molecule has 50 valence electrons. The van der Waals surface area contributed by atoms with E-state index in [9.17, 15) is 0 Å². The number of hydrogen-bond acceptors (Lipinski definition) is 3. The Balaban J connectivity index is -0.00000000500. The zero-order valence-corrected chi connectivity index (χ0v) is 5.44. The van der Waals surface area contributed by atoms with Crippen LogP contribution in [0.2, 0.25) is 0 Å². The SMILES string of the molecule is [C-]=O.[CH-]=O.[CH-]=O.[CH3-].[Mn]. The van der Waals surface area contributed by atoms with E-state index in [1.807, 2.05) is 0 Å². The predicted octanol–water partition coefficient (Wildman–Crippen LogP) is -0.498. The predicted molar refractivity (Wildman–Crippen MR) is 25.6 cm³/mol. The van der Waals surface area contributed by atoms with Gasteiger partial charge in [-0.2, -0.15) is 0 Å². The van der Waals surface area contributed by atoms with Crippen LogP contribution in [0.25, 0.3) is 0 Å². The van der Waals surface area contributed by atoms with E-state index < -0.39 is 0 Å². The summed E-state index contributed by atoms with van der Waals surface area (Å²) in [4.78, 5) is 23.0. The molecule has 0 amide bonds. The van der Waals surface area contributed by atoms with Gasteiger partial charge in [0.25, 0.3) is 0 Å². The summed E-state index contributed by atoms with van der Waals surface area (Å²) in [5, 5.41) is 0. The van der Waals surface area contributed by atoms with Crippen LogP contribution in [0.5, 0.6) is 0 Å². The van der Waals surface area contributed by atoms with E-state index in [1.165, 1.54) is 0 Å². The average molecular weight is 156 g/mol. The summed E-state index contributed by atoms with van der Waals surface area (Å²) in [5.41, 5.74) is 0. The Morgan fingerprint density at radius 1 is 0.875 bits per heavy atom. The third kappa shape index (κ3) is 512. The van der Waals surface area contributed by atoms with E-state index in [1.54, 1.807) is 0 Å². The molecular formula is C4H5MnO3-4. The van der Waals surface area contributed by atoms with Crippen LogP contribution in [0.1, 0.15) is 0 Å². The summed E-state index contributed by atoms with van der Waals surface area (Å²) >= 11 is 0. The third-order valence-electron chi connectivity index (χ3n) is 0. The fourth-order valence-electron chi connectivity index (χ4n) is 0. The Bertz CT molecular complexity index is 16.0. The van der Waals surface area contributed by atoms with Crippen molar-refractivity contribution in [3.63, 3.8) is 0 Å². The molecule has 3 nitrogen and oxygen atoms in total. The number of carbonyl (C=O) groups excluding carboxylic acids is 3. The van der Waals surface area contributed by atoms with Crippen LogP contribution in [-0.2, 0) is 31.5 Å². The van der Waals surface area contributed by atoms with Gasteiger partial charge in [-0.3, -0.25) is 13.6 Å². The maximum Gasteiger partial charge on any atom is 0 e. The summed E-state index contributed by atoms with van der Waals surface area (Å²) in [7, 11) is 0. The molecule has 0 aliphatic carbocycles.